The smallest absolute Gasteiger partial charge is 0.337 e. The Morgan fingerprint density at radius 3 is 2.60 bits per heavy atom. The number of carbonyl (C=O) groups is 2. The minimum atomic E-state index is -0.572. The molecule has 10 heteroatoms. The summed E-state index contributed by atoms with van der Waals surface area (Å²) in [5, 5.41) is 11.6. The van der Waals surface area contributed by atoms with E-state index in [1.54, 1.807) is 36.4 Å². The minimum Gasteiger partial charge on any atom is -0.465 e. The number of nitrogens with zero attached hydrogens (tertiary/aromatic N) is 3. The number of nitro groups is 1. The summed E-state index contributed by atoms with van der Waals surface area (Å²) in [6.45, 7) is 2.23. The van der Waals surface area contributed by atoms with Gasteiger partial charge in [0.05, 0.1) is 28.2 Å². The van der Waals surface area contributed by atoms with Crippen molar-refractivity contribution in [1.29, 1.82) is 0 Å². The Kier molecular flexibility index (Phi) is 6.53. The zero-order valence-electron chi connectivity index (χ0n) is 16.0. The monoisotopic (exact) mass is 445 g/mol. The molecule has 30 heavy (non-hydrogen) atoms. The lowest BCUT2D eigenvalue weighted by molar-refractivity contribution is -0.384. The third kappa shape index (κ3) is 4.52. The molecule has 1 fully saturated rings. The van der Waals surface area contributed by atoms with E-state index in [1.807, 2.05) is 6.92 Å². The van der Waals surface area contributed by atoms with Gasteiger partial charge in [-0.1, -0.05) is 17.7 Å². The van der Waals surface area contributed by atoms with Crippen molar-refractivity contribution < 1.29 is 19.2 Å². The zero-order valence-corrected chi connectivity index (χ0v) is 17.6. The number of methoxy groups -OCH3 is 1. The van der Waals surface area contributed by atoms with Gasteiger partial charge < -0.3 is 4.74 Å². The molecule has 0 radical (unpaired) electrons. The summed E-state index contributed by atoms with van der Waals surface area (Å²) in [5.74, 6) is -0.692. The van der Waals surface area contributed by atoms with Crippen LogP contribution in [0.4, 0.5) is 11.4 Å². The molecule has 1 saturated heterocycles. The lowest BCUT2D eigenvalue weighted by Gasteiger charge is -2.12. The van der Waals surface area contributed by atoms with Crippen LogP contribution in [0.25, 0.3) is 6.08 Å². The van der Waals surface area contributed by atoms with Crippen molar-refractivity contribution in [2.45, 2.75) is 6.92 Å². The number of esters is 1. The van der Waals surface area contributed by atoms with E-state index in [0.717, 1.165) is 0 Å². The van der Waals surface area contributed by atoms with Crippen molar-refractivity contribution >= 4 is 57.9 Å². The quantitative estimate of drug-likeness (QED) is 0.287. The summed E-state index contributed by atoms with van der Waals surface area (Å²) in [6, 6.07) is 10.8. The average molecular weight is 446 g/mol. The van der Waals surface area contributed by atoms with Crippen LogP contribution in [0.5, 0.6) is 0 Å². The molecule has 154 valence electrons. The van der Waals surface area contributed by atoms with Crippen molar-refractivity contribution in [2.24, 2.45) is 4.99 Å². The van der Waals surface area contributed by atoms with Crippen molar-refractivity contribution in [3.05, 3.63) is 73.6 Å². The number of rotatable bonds is 5. The molecule has 0 aromatic heterocycles. The Balaban J connectivity index is 1.90. The molecule has 0 unspecified atom stereocenters. The molecular formula is C20H16ClN3O5S. The lowest BCUT2D eigenvalue weighted by Crippen LogP contribution is -2.28. The van der Waals surface area contributed by atoms with Crippen LogP contribution in [0.2, 0.25) is 5.02 Å². The van der Waals surface area contributed by atoms with Gasteiger partial charge in [-0.05, 0) is 60.7 Å². The van der Waals surface area contributed by atoms with Gasteiger partial charge in [0.2, 0.25) is 0 Å². The molecule has 1 heterocycles. The van der Waals surface area contributed by atoms with Crippen LogP contribution >= 0.6 is 23.4 Å². The molecule has 1 amide bonds. The van der Waals surface area contributed by atoms with Crippen LogP contribution in [0, 0.1) is 10.1 Å². The first kappa shape index (κ1) is 21.5. The maximum atomic E-state index is 12.7. The van der Waals surface area contributed by atoms with Crippen molar-refractivity contribution in [1.82, 2.24) is 4.90 Å². The second-order valence-electron chi connectivity index (χ2n) is 6.06. The number of amidine groups is 1. The third-order valence-corrected chi connectivity index (χ3v) is 5.51. The van der Waals surface area contributed by atoms with Crippen LogP contribution in [-0.2, 0) is 9.53 Å². The number of benzene rings is 2. The number of ether oxygens (including phenoxy) is 1. The summed E-state index contributed by atoms with van der Waals surface area (Å²) < 4.78 is 4.67. The normalized spacial score (nSPS) is 16.4. The van der Waals surface area contributed by atoms with Gasteiger partial charge in [0.25, 0.3) is 11.6 Å². The maximum Gasteiger partial charge on any atom is 0.337 e. The fraction of sp³-hybridized carbons (Fsp3) is 0.150. The van der Waals surface area contributed by atoms with E-state index in [-0.39, 0.29) is 16.6 Å². The van der Waals surface area contributed by atoms with Crippen LogP contribution in [0.1, 0.15) is 22.8 Å². The zero-order chi connectivity index (χ0) is 21.8. The molecule has 1 aliphatic heterocycles. The molecule has 0 atom stereocenters. The molecule has 0 spiro atoms. The van der Waals surface area contributed by atoms with Crippen molar-refractivity contribution in [2.75, 3.05) is 13.7 Å². The van der Waals surface area contributed by atoms with Gasteiger partial charge in [0.1, 0.15) is 5.02 Å². The molecular weight excluding hydrogens is 430 g/mol. The largest absolute Gasteiger partial charge is 0.465 e. The molecule has 0 saturated carbocycles. The predicted octanol–water partition coefficient (Wildman–Crippen LogP) is 4.66. The number of thioether (sulfide) groups is 1. The van der Waals surface area contributed by atoms with Gasteiger partial charge in [0.15, 0.2) is 5.17 Å². The van der Waals surface area contributed by atoms with Gasteiger partial charge in [-0.2, -0.15) is 0 Å². The minimum absolute atomic E-state index is 0.0281. The lowest BCUT2D eigenvalue weighted by atomic mass is 10.2. The molecule has 0 N–H and O–H groups in total. The highest BCUT2D eigenvalue weighted by Gasteiger charge is 2.32. The summed E-state index contributed by atoms with van der Waals surface area (Å²) in [6.07, 6.45) is 1.57. The summed E-state index contributed by atoms with van der Waals surface area (Å²) >= 11 is 7.01. The van der Waals surface area contributed by atoms with Crippen LogP contribution in [0.15, 0.2) is 52.4 Å². The first-order valence-electron chi connectivity index (χ1n) is 8.76. The fourth-order valence-corrected chi connectivity index (χ4v) is 3.93. The summed E-state index contributed by atoms with van der Waals surface area (Å²) in [5.41, 5.74) is 1.23. The van der Waals surface area contributed by atoms with Gasteiger partial charge in [-0.15, -0.1) is 0 Å². The van der Waals surface area contributed by atoms with E-state index >= 15 is 0 Å². The van der Waals surface area contributed by atoms with Crippen molar-refractivity contribution in [3.8, 4) is 0 Å². The van der Waals surface area contributed by atoms with E-state index in [1.165, 1.54) is 35.9 Å². The number of nitro benzene ring substituents is 1. The Hall–Kier alpha value is -3.17. The van der Waals surface area contributed by atoms with Gasteiger partial charge >= 0.3 is 5.97 Å². The van der Waals surface area contributed by atoms with Crippen molar-refractivity contribution in [3.63, 3.8) is 0 Å². The molecule has 0 aliphatic carbocycles. The number of aliphatic imine (C=N–C) groups is 1. The number of likely N-dealkylation sites (N-methyl/N-ethyl adjacent to an activating group) is 1. The summed E-state index contributed by atoms with van der Waals surface area (Å²) in [7, 11) is 1.31. The highest BCUT2D eigenvalue weighted by molar-refractivity contribution is 8.18. The van der Waals surface area contributed by atoms with E-state index in [0.29, 0.717) is 33.4 Å². The Morgan fingerprint density at radius 1 is 1.30 bits per heavy atom. The Labute approximate surface area is 181 Å². The standard InChI is InChI=1S/C20H16ClN3O5S/c1-3-23-18(25)17(11-12-4-9-15(21)16(10-12)24(27)28)30-20(23)22-14-7-5-13(6-8-14)19(26)29-2/h4-11H,3H2,1-2H3/b17-11+,22-20?. The average Bonchev–Trinajstić information content (AvgIpc) is 3.03. The fourth-order valence-electron chi connectivity index (χ4n) is 2.68. The number of halogens is 1. The number of hydrogen-bond donors (Lipinski definition) is 0. The molecule has 1 aliphatic rings. The Morgan fingerprint density at radius 2 is 2.00 bits per heavy atom. The number of hydrogen-bond acceptors (Lipinski definition) is 7. The molecule has 0 bridgehead atoms. The first-order chi connectivity index (χ1) is 14.3. The van der Waals surface area contributed by atoms with Gasteiger partial charge in [-0.3, -0.25) is 19.8 Å². The molecule has 8 nitrogen and oxygen atoms in total. The first-order valence-corrected chi connectivity index (χ1v) is 9.96. The Bertz CT molecular complexity index is 1080. The van der Waals surface area contributed by atoms with Gasteiger partial charge in [-0.25, -0.2) is 9.79 Å². The molecule has 3 rings (SSSR count). The molecule has 2 aromatic rings. The SMILES string of the molecule is CCN1C(=O)/C(=C\c2ccc(Cl)c([N+](=O)[O-])c2)SC1=Nc1ccc(C(=O)OC)cc1. The number of carbonyl (C=O) groups excluding carboxylic acids is 2. The summed E-state index contributed by atoms with van der Waals surface area (Å²) in [4.78, 5) is 41.2. The second-order valence-corrected chi connectivity index (χ2v) is 7.48. The van der Waals surface area contributed by atoms with Gasteiger partial charge in [0, 0.05) is 12.6 Å². The van der Waals surface area contributed by atoms with Crippen LogP contribution < -0.4 is 0 Å². The van der Waals surface area contributed by atoms with E-state index in [2.05, 4.69) is 9.73 Å². The van der Waals surface area contributed by atoms with E-state index in [9.17, 15) is 19.7 Å². The predicted molar refractivity (Wildman–Crippen MR) is 116 cm³/mol. The highest BCUT2D eigenvalue weighted by atomic mass is 35.5. The van der Waals surface area contributed by atoms with Crippen LogP contribution in [0.3, 0.4) is 0 Å². The topological polar surface area (TPSA) is 102 Å². The highest BCUT2D eigenvalue weighted by Crippen LogP contribution is 2.35. The number of amides is 1. The maximum absolute atomic E-state index is 12.7. The third-order valence-electron chi connectivity index (χ3n) is 4.18. The molecule has 2 aromatic carbocycles. The van der Waals surface area contributed by atoms with Crippen LogP contribution in [-0.4, -0.2) is 40.5 Å². The van der Waals surface area contributed by atoms with E-state index in [4.69, 9.17) is 11.6 Å². The van der Waals surface area contributed by atoms with E-state index < -0.39 is 10.9 Å². The second kappa shape index (κ2) is 9.10.